The molecular formula is C21H21BrClN5O2S. The van der Waals surface area contributed by atoms with Gasteiger partial charge in [0.05, 0.1) is 22.4 Å². The summed E-state index contributed by atoms with van der Waals surface area (Å²) < 4.78 is 2.83. The van der Waals surface area contributed by atoms with Gasteiger partial charge in [-0.15, -0.1) is 10.2 Å². The number of carbonyl (C=O) groups is 2. The molecule has 0 radical (unpaired) electrons. The van der Waals surface area contributed by atoms with Crippen molar-refractivity contribution in [2.75, 3.05) is 11.1 Å². The number of rotatable bonds is 8. The summed E-state index contributed by atoms with van der Waals surface area (Å²) in [5, 5.41) is 15.2. The Morgan fingerprint density at radius 2 is 1.87 bits per heavy atom. The Hall–Kier alpha value is -2.36. The van der Waals surface area contributed by atoms with Crippen LogP contribution in [0.1, 0.15) is 36.1 Å². The Kier molecular flexibility index (Phi) is 8.11. The van der Waals surface area contributed by atoms with E-state index in [1.807, 2.05) is 42.7 Å². The zero-order chi connectivity index (χ0) is 22.4. The minimum absolute atomic E-state index is 0.139. The summed E-state index contributed by atoms with van der Waals surface area (Å²) in [4.78, 5) is 24.8. The summed E-state index contributed by atoms with van der Waals surface area (Å²) >= 11 is 10.8. The summed E-state index contributed by atoms with van der Waals surface area (Å²) in [6.07, 6.45) is 0. The van der Waals surface area contributed by atoms with Gasteiger partial charge in [0.2, 0.25) is 5.91 Å². The van der Waals surface area contributed by atoms with E-state index in [0.717, 1.165) is 10.2 Å². The number of benzene rings is 2. The molecule has 1 heterocycles. The van der Waals surface area contributed by atoms with Gasteiger partial charge in [-0.2, -0.15) is 0 Å². The first-order valence-electron chi connectivity index (χ1n) is 9.55. The first-order valence-corrected chi connectivity index (χ1v) is 11.7. The van der Waals surface area contributed by atoms with Crippen molar-refractivity contribution in [1.82, 2.24) is 20.1 Å². The summed E-state index contributed by atoms with van der Waals surface area (Å²) in [5.74, 6) is 0.374. The number of anilines is 1. The van der Waals surface area contributed by atoms with Crippen LogP contribution in [0.25, 0.3) is 0 Å². The number of thioether (sulfide) groups is 1. The van der Waals surface area contributed by atoms with Gasteiger partial charge < -0.3 is 15.2 Å². The zero-order valence-electron chi connectivity index (χ0n) is 16.9. The van der Waals surface area contributed by atoms with Gasteiger partial charge in [-0.05, 0) is 50.2 Å². The molecule has 7 nitrogen and oxygen atoms in total. The lowest BCUT2D eigenvalue weighted by Crippen LogP contribution is -2.29. The van der Waals surface area contributed by atoms with E-state index in [4.69, 9.17) is 11.6 Å². The first kappa shape index (κ1) is 23.3. The van der Waals surface area contributed by atoms with E-state index >= 15 is 0 Å². The van der Waals surface area contributed by atoms with E-state index in [2.05, 4.69) is 36.8 Å². The lowest BCUT2D eigenvalue weighted by atomic mass is 10.2. The standard InChI is InChI=1S/C21H21BrClN5O2S/c1-3-28-19(13(2)24-20(30)16-6-4-5-7-17(16)23)26-27-21(28)31-12-18(29)25-15-10-8-14(22)9-11-15/h4-11,13H,3,12H2,1-2H3,(H,24,30)(H,25,29)/t13-/m0/s1. The third-order valence-corrected chi connectivity index (χ3v) is 6.20. The lowest BCUT2D eigenvalue weighted by molar-refractivity contribution is -0.113. The van der Waals surface area contributed by atoms with Gasteiger partial charge in [0.25, 0.3) is 5.91 Å². The molecule has 0 aliphatic heterocycles. The van der Waals surface area contributed by atoms with Crippen molar-refractivity contribution in [2.45, 2.75) is 31.6 Å². The van der Waals surface area contributed by atoms with Crippen LogP contribution < -0.4 is 10.6 Å². The largest absolute Gasteiger partial charge is 0.342 e. The average Bonchev–Trinajstić information content (AvgIpc) is 3.17. The zero-order valence-corrected chi connectivity index (χ0v) is 20.1. The van der Waals surface area contributed by atoms with E-state index in [1.165, 1.54) is 11.8 Å². The second-order valence-electron chi connectivity index (χ2n) is 6.60. The van der Waals surface area contributed by atoms with E-state index in [1.54, 1.807) is 24.3 Å². The fourth-order valence-electron chi connectivity index (χ4n) is 2.87. The van der Waals surface area contributed by atoms with Gasteiger partial charge in [0.15, 0.2) is 11.0 Å². The van der Waals surface area contributed by atoms with Crippen molar-refractivity contribution >= 4 is 56.8 Å². The summed E-state index contributed by atoms with van der Waals surface area (Å²) in [7, 11) is 0. The predicted molar refractivity (Wildman–Crippen MR) is 127 cm³/mol. The Morgan fingerprint density at radius 3 is 2.55 bits per heavy atom. The van der Waals surface area contributed by atoms with Gasteiger partial charge >= 0.3 is 0 Å². The number of hydrogen-bond donors (Lipinski definition) is 2. The molecule has 0 spiro atoms. The molecule has 1 aromatic heterocycles. The second-order valence-corrected chi connectivity index (χ2v) is 8.87. The molecule has 0 aliphatic rings. The third-order valence-electron chi connectivity index (χ3n) is 4.38. The minimum Gasteiger partial charge on any atom is -0.342 e. The molecule has 2 aromatic carbocycles. The van der Waals surface area contributed by atoms with Crippen molar-refractivity contribution in [3.8, 4) is 0 Å². The second kappa shape index (κ2) is 10.8. The van der Waals surface area contributed by atoms with Crippen molar-refractivity contribution < 1.29 is 9.59 Å². The molecular weight excluding hydrogens is 502 g/mol. The monoisotopic (exact) mass is 521 g/mol. The molecule has 1 atom stereocenters. The SMILES string of the molecule is CCn1c(SCC(=O)Nc2ccc(Br)cc2)nnc1[C@H](C)NC(=O)c1ccccc1Cl. The van der Waals surface area contributed by atoms with Crippen LogP contribution in [0.5, 0.6) is 0 Å². The topological polar surface area (TPSA) is 88.9 Å². The molecule has 3 rings (SSSR count). The maximum atomic E-state index is 12.6. The van der Waals surface area contributed by atoms with Crippen molar-refractivity contribution in [3.05, 3.63) is 69.4 Å². The maximum Gasteiger partial charge on any atom is 0.253 e. The molecule has 10 heteroatoms. The number of carbonyl (C=O) groups excluding carboxylic acids is 2. The molecule has 162 valence electrons. The van der Waals surface area contributed by atoms with Crippen molar-refractivity contribution in [2.24, 2.45) is 0 Å². The van der Waals surface area contributed by atoms with Crippen LogP contribution in [0.4, 0.5) is 5.69 Å². The van der Waals surface area contributed by atoms with Gasteiger partial charge in [-0.3, -0.25) is 9.59 Å². The number of halogens is 2. The van der Waals surface area contributed by atoms with Gasteiger partial charge in [0, 0.05) is 16.7 Å². The molecule has 0 saturated carbocycles. The highest BCUT2D eigenvalue weighted by atomic mass is 79.9. The summed E-state index contributed by atoms with van der Waals surface area (Å²) in [6.45, 7) is 4.40. The quantitative estimate of drug-likeness (QED) is 0.409. The molecule has 31 heavy (non-hydrogen) atoms. The van der Waals surface area contributed by atoms with Crippen LogP contribution in [0, 0.1) is 0 Å². The fourth-order valence-corrected chi connectivity index (χ4v) is 4.16. The highest BCUT2D eigenvalue weighted by Crippen LogP contribution is 2.22. The Bertz CT molecular complexity index is 1070. The minimum atomic E-state index is -0.387. The third kappa shape index (κ3) is 6.09. The van der Waals surface area contributed by atoms with Crippen LogP contribution in [0.2, 0.25) is 5.02 Å². The number of nitrogens with one attached hydrogen (secondary N) is 2. The van der Waals surface area contributed by atoms with Crippen LogP contribution in [0.15, 0.2) is 58.2 Å². The number of aromatic nitrogens is 3. The first-order chi connectivity index (χ1) is 14.9. The maximum absolute atomic E-state index is 12.6. The average molecular weight is 523 g/mol. The highest BCUT2D eigenvalue weighted by molar-refractivity contribution is 9.10. The molecule has 0 bridgehead atoms. The Balaban J connectivity index is 1.63. The Morgan fingerprint density at radius 1 is 1.16 bits per heavy atom. The van der Waals surface area contributed by atoms with Crippen LogP contribution in [-0.2, 0) is 11.3 Å². The molecule has 0 fully saturated rings. The molecule has 0 saturated heterocycles. The molecule has 0 unspecified atom stereocenters. The van der Waals surface area contributed by atoms with E-state index in [0.29, 0.717) is 28.1 Å². The Labute approximate surface area is 198 Å². The normalized spacial score (nSPS) is 11.7. The number of nitrogens with zero attached hydrogens (tertiary/aromatic N) is 3. The summed E-state index contributed by atoms with van der Waals surface area (Å²) in [6, 6.07) is 13.8. The molecule has 2 N–H and O–H groups in total. The van der Waals surface area contributed by atoms with E-state index in [9.17, 15) is 9.59 Å². The van der Waals surface area contributed by atoms with Crippen molar-refractivity contribution in [1.29, 1.82) is 0 Å². The molecule has 3 aromatic rings. The lowest BCUT2D eigenvalue weighted by Gasteiger charge is -2.15. The highest BCUT2D eigenvalue weighted by Gasteiger charge is 2.21. The van der Waals surface area contributed by atoms with E-state index < -0.39 is 0 Å². The number of amides is 2. The van der Waals surface area contributed by atoms with Crippen LogP contribution >= 0.6 is 39.3 Å². The van der Waals surface area contributed by atoms with Crippen LogP contribution in [-0.4, -0.2) is 32.3 Å². The fraction of sp³-hybridized carbons (Fsp3) is 0.238. The van der Waals surface area contributed by atoms with Crippen molar-refractivity contribution in [3.63, 3.8) is 0 Å². The van der Waals surface area contributed by atoms with Crippen LogP contribution in [0.3, 0.4) is 0 Å². The van der Waals surface area contributed by atoms with E-state index in [-0.39, 0.29) is 23.6 Å². The molecule has 0 aliphatic carbocycles. The number of hydrogen-bond acceptors (Lipinski definition) is 5. The summed E-state index contributed by atoms with van der Waals surface area (Å²) in [5.41, 5.74) is 1.13. The molecule has 2 amide bonds. The van der Waals surface area contributed by atoms with Gasteiger partial charge in [-0.25, -0.2) is 0 Å². The smallest absolute Gasteiger partial charge is 0.253 e. The van der Waals surface area contributed by atoms with Gasteiger partial charge in [0.1, 0.15) is 0 Å². The predicted octanol–water partition coefficient (Wildman–Crippen LogP) is 4.94. The van der Waals surface area contributed by atoms with Gasteiger partial charge in [-0.1, -0.05) is 51.4 Å².